The fourth-order valence-electron chi connectivity index (χ4n) is 3.62. The lowest BCUT2D eigenvalue weighted by atomic mass is 10.0. The average Bonchev–Trinajstić information content (AvgIpc) is 2.78. The van der Waals surface area contributed by atoms with Gasteiger partial charge in [-0.05, 0) is 42.2 Å². The van der Waals surface area contributed by atoms with Crippen LogP contribution in [0.15, 0.2) is 77.8 Å². The number of hydrogen-bond donors (Lipinski definition) is 0. The molecular weight excluding hydrogens is 410 g/mol. The quantitative estimate of drug-likeness (QED) is 0.545. The van der Waals surface area contributed by atoms with Crippen LogP contribution in [-0.4, -0.2) is 26.6 Å². The van der Waals surface area contributed by atoms with Crippen molar-refractivity contribution in [2.24, 2.45) is 4.99 Å². The molecular formula is C25H25NO4S. The molecule has 3 aromatic rings. The fourth-order valence-corrected chi connectivity index (χ4v) is 5.20. The van der Waals surface area contributed by atoms with Crippen LogP contribution >= 0.6 is 0 Å². The molecule has 160 valence electrons. The highest BCUT2D eigenvalue weighted by molar-refractivity contribution is 8.06. The Morgan fingerprint density at radius 3 is 2.19 bits per heavy atom. The van der Waals surface area contributed by atoms with Crippen molar-refractivity contribution in [2.75, 3.05) is 13.2 Å². The second-order valence-electron chi connectivity index (χ2n) is 7.34. The van der Waals surface area contributed by atoms with E-state index in [9.17, 15) is 8.42 Å². The van der Waals surface area contributed by atoms with E-state index >= 15 is 0 Å². The van der Waals surface area contributed by atoms with E-state index in [0.717, 1.165) is 16.7 Å². The maximum Gasteiger partial charge on any atom is 0.199 e. The highest BCUT2D eigenvalue weighted by Crippen LogP contribution is 2.35. The summed E-state index contributed by atoms with van der Waals surface area (Å²) in [5.74, 6) is 1.07. The first kappa shape index (κ1) is 21.1. The maximum atomic E-state index is 13.2. The monoisotopic (exact) mass is 435 g/mol. The Bertz CT molecular complexity index is 1170. The molecule has 1 aliphatic rings. The van der Waals surface area contributed by atoms with Crippen molar-refractivity contribution >= 4 is 14.9 Å². The zero-order valence-electron chi connectivity index (χ0n) is 17.5. The van der Waals surface area contributed by atoms with Crippen LogP contribution in [0.4, 0.5) is 0 Å². The van der Waals surface area contributed by atoms with Gasteiger partial charge in [0, 0.05) is 12.1 Å². The maximum absolute atomic E-state index is 13.2. The van der Waals surface area contributed by atoms with Gasteiger partial charge >= 0.3 is 0 Å². The van der Waals surface area contributed by atoms with Gasteiger partial charge in [0.1, 0.15) is 6.61 Å². The van der Waals surface area contributed by atoms with Gasteiger partial charge in [0.15, 0.2) is 26.4 Å². The molecule has 1 aliphatic heterocycles. The van der Waals surface area contributed by atoms with E-state index < -0.39 is 9.84 Å². The summed E-state index contributed by atoms with van der Waals surface area (Å²) in [6.07, 6.45) is 0.661. The number of fused-ring (bicyclic) bond motifs is 1. The van der Waals surface area contributed by atoms with E-state index in [1.807, 2.05) is 73.7 Å². The van der Waals surface area contributed by atoms with Crippen molar-refractivity contribution in [2.45, 2.75) is 25.7 Å². The summed E-state index contributed by atoms with van der Waals surface area (Å²) in [5, 5.41) is 0.133. The SMILES string of the molecule is CCOc1cc2c(cc1OCc1ccccc1)CCN=C2S(=O)(=O)Cc1ccccc1. The van der Waals surface area contributed by atoms with Gasteiger partial charge in [0.25, 0.3) is 0 Å². The van der Waals surface area contributed by atoms with E-state index in [1.54, 1.807) is 6.07 Å². The summed E-state index contributed by atoms with van der Waals surface area (Å²) in [6.45, 7) is 3.18. The Hall–Kier alpha value is -3.12. The molecule has 0 aliphatic carbocycles. The summed E-state index contributed by atoms with van der Waals surface area (Å²) in [7, 11) is -3.60. The van der Waals surface area contributed by atoms with E-state index in [1.165, 1.54) is 0 Å². The fraction of sp³-hybridized carbons (Fsp3) is 0.240. The Morgan fingerprint density at radius 1 is 0.871 bits per heavy atom. The van der Waals surface area contributed by atoms with Crippen LogP contribution in [0.25, 0.3) is 0 Å². The van der Waals surface area contributed by atoms with E-state index in [-0.39, 0.29) is 10.8 Å². The van der Waals surface area contributed by atoms with Crippen molar-refractivity contribution in [1.82, 2.24) is 0 Å². The lowest BCUT2D eigenvalue weighted by Crippen LogP contribution is -2.24. The average molecular weight is 436 g/mol. The molecule has 0 atom stereocenters. The molecule has 0 unspecified atom stereocenters. The molecule has 1 heterocycles. The molecule has 4 rings (SSSR count). The summed E-state index contributed by atoms with van der Waals surface area (Å²) < 4.78 is 38.2. The molecule has 0 amide bonds. The van der Waals surface area contributed by atoms with Gasteiger partial charge in [0.2, 0.25) is 0 Å². The predicted octanol–water partition coefficient (Wildman–Crippen LogP) is 4.58. The van der Waals surface area contributed by atoms with Crippen LogP contribution in [0.3, 0.4) is 0 Å². The van der Waals surface area contributed by atoms with Crippen LogP contribution < -0.4 is 9.47 Å². The summed E-state index contributed by atoms with van der Waals surface area (Å²) in [5.41, 5.74) is 3.31. The van der Waals surface area contributed by atoms with E-state index in [4.69, 9.17) is 9.47 Å². The topological polar surface area (TPSA) is 65.0 Å². The van der Waals surface area contributed by atoms with Gasteiger partial charge in [-0.2, -0.15) is 0 Å². The molecule has 3 aromatic carbocycles. The zero-order chi connectivity index (χ0) is 21.7. The number of benzene rings is 3. The Morgan fingerprint density at radius 2 is 1.52 bits per heavy atom. The van der Waals surface area contributed by atoms with Gasteiger partial charge < -0.3 is 9.47 Å². The smallest absolute Gasteiger partial charge is 0.199 e. The summed E-state index contributed by atoms with van der Waals surface area (Å²) in [4.78, 5) is 4.40. The Kier molecular flexibility index (Phi) is 6.37. The third-order valence-electron chi connectivity index (χ3n) is 5.07. The minimum atomic E-state index is -3.60. The number of nitrogens with zero attached hydrogens (tertiary/aromatic N) is 1. The zero-order valence-corrected chi connectivity index (χ0v) is 18.3. The number of hydrogen-bond acceptors (Lipinski definition) is 5. The molecule has 0 saturated heterocycles. The third kappa shape index (κ3) is 4.97. The van der Waals surface area contributed by atoms with Crippen molar-refractivity contribution in [3.63, 3.8) is 0 Å². The molecule has 0 bridgehead atoms. The minimum absolute atomic E-state index is 0.0810. The highest BCUT2D eigenvalue weighted by Gasteiger charge is 2.28. The van der Waals surface area contributed by atoms with Gasteiger partial charge in [-0.1, -0.05) is 60.7 Å². The molecule has 0 fully saturated rings. The van der Waals surface area contributed by atoms with Crippen molar-refractivity contribution in [3.05, 3.63) is 95.1 Å². The Labute approximate surface area is 183 Å². The van der Waals surface area contributed by atoms with Gasteiger partial charge in [-0.25, -0.2) is 8.42 Å². The van der Waals surface area contributed by atoms with Crippen LogP contribution in [-0.2, 0) is 28.6 Å². The number of sulfone groups is 1. The van der Waals surface area contributed by atoms with Gasteiger partial charge in [0.05, 0.1) is 12.4 Å². The van der Waals surface area contributed by atoms with Crippen LogP contribution in [0, 0.1) is 0 Å². The molecule has 0 aromatic heterocycles. The number of rotatable bonds is 7. The molecule has 5 nitrogen and oxygen atoms in total. The third-order valence-corrected chi connectivity index (χ3v) is 6.72. The van der Waals surface area contributed by atoms with Crippen LogP contribution in [0.2, 0.25) is 0 Å². The first-order valence-electron chi connectivity index (χ1n) is 10.3. The second kappa shape index (κ2) is 9.35. The Balaban J connectivity index is 1.65. The van der Waals surface area contributed by atoms with Crippen LogP contribution in [0.5, 0.6) is 11.5 Å². The first-order valence-corrected chi connectivity index (χ1v) is 12.0. The summed E-state index contributed by atoms with van der Waals surface area (Å²) >= 11 is 0. The predicted molar refractivity (Wildman–Crippen MR) is 123 cm³/mol. The number of aliphatic imine (C=N–C) groups is 1. The minimum Gasteiger partial charge on any atom is -0.490 e. The van der Waals surface area contributed by atoms with Crippen molar-refractivity contribution in [1.29, 1.82) is 0 Å². The van der Waals surface area contributed by atoms with Crippen molar-refractivity contribution in [3.8, 4) is 11.5 Å². The molecule has 0 radical (unpaired) electrons. The normalized spacial score (nSPS) is 13.3. The summed E-state index contributed by atoms with van der Waals surface area (Å²) in [6, 6.07) is 22.7. The van der Waals surface area contributed by atoms with Gasteiger partial charge in [-0.15, -0.1) is 0 Å². The molecule has 0 spiro atoms. The highest BCUT2D eigenvalue weighted by atomic mass is 32.2. The molecule has 0 N–H and O–H groups in total. The molecule has 0 saturated carbocycles. The van der Waals surface area contributed by atoms with Gasteiger partial charge in [-0.3, -0.25) is 4.99 Å². The van der Waals surface area contributed by atoms with E-state index in [2.05, 4.69) is 4.99 Å². The first-order chi connectivity index (χ1) is 15.1. The number of ether oxygens (including phenoxy) is 2. The second-order valence-corrected chi connectivity index (χ2v) is 9.25. The molecule has 6 heteroatoms. The van der Waals surface area contributed by atoms with Crippen LogP contribution in [0.1, 0.15) is 29.2 Å². The van der Waals surface area contributed by atoms with E-state index in [0.29, 0.717) is 43.2 Å². The van der Waals surface area contributed by atoms with Crippen molar-refractivity contribution < 1.29 is 17.9 Å². The lowest BCUT2D eigenvalue weighted by Gasteiger charge is -2.21. The molecule has 31 heavy (non-hydrogen) atoms. The largest absolute Gasteiger partial charge is 0.490 e. The standard InChI is InChI=1S/C25H25NO4S/c1-2-29-24-16-22-21(15-23(24)30-17-19-9-5-3-6-10-19)13-14-26-25(22)31(27,28)18-20-11-7-4-8-12-20/h3-12,15-16H,2,13-14,17-18H2,1H3. The lowest BCUT2D eigenvalue weighted by molar-refractivity contribution is 0.269.